The fourth-order valence-electron chi connectivity index (χ4n) is 6.70. The van der Waals surface area contributed by atoms with Crippen molar-refractivity contribution in [2.45, 2.75) is 29.4 Å². The van der Waals surface area contributed by atoms with Crippen LogP contribution >= 0.6 is 0 Å². The summed E-state index contributed by atoms with van der Waals surface area (Å²) >= 11 is 0. The van der Waals surface area contributed by atoms with Crippen LogP contribution < -0.4 is 18.5 Å². The lowest BCUT2D eigenvalue weighted by molar-refractivity contribution is -0.132. The number of aromatic nitrogens is 1. The maximum atomic E-state index is 14.9. The fourth-order valence-corrected chi connectivity index (χ4v) is 8.30. The minimum Gasteiger partial charge on any atom is -0.497 e. The maximum absolute atomic E-state index is 14.9. The molecule has 3 aliphatic heterocycles. The SMILES string of the molecule is COc1ccc(S(=O)(=O)N2C(=O)C(OC(=O)N3CCN(C4CCN(C)CC4)CC3)(c3cccnc3OC)c3ccccc32)c(OC)c1. The Bertz CT molecular complexity index is 1760. The van der Waals surface area contributed by atoms with Crippen LogP contribution in [0.3, 0.4) is 0 Å². The molecule has 0 radical (unpaired) electrons. The minimum absolute atomic E-state index is 0.0109. The number of piperidine rings is 1. The second-order valence-corrected chi connectivity index (χ2v) is 13.5. The van der Waals surface area contributed by atoms with E-state index in [0.29, 0.717) is 42.3 Å². The van der Waals surface area contributed by atoms with E-state index >= 15 is 0 Å². The number of rotatable bonds is 8. The summed E-state index contributed by atoms with van der Waals surface area (Å²) < 4.78 is 52.0. The second kappa shape index (κ2) is 13.0. The Kier molecular flexibility index (Phi) is 9.01. The molecule has 0 bridgehead atoms. The van der Waals surface area contributed by atoms with Gasteiger partial charge in [-0.25, -0.2) is 18.2 Å². The van der Waals surface area contributed by atoms with Crippen molar-refractivity contribution in [2.75, 3.05) is 72.0 Å². The number of hydrogen-bond donors (Lipinski definition) is 0. The van der Waals surface area contributed by atoms with E-state index in [4.69, 9.17) is 18.9 Å². The molecule has 0 N–H and O–H groups in total. The summed E-state index contributed by atoms with van der Waals surface area (Å²) in [5, 5.41) is 0. The number of ether oxygens (including phenoxy) is 4. The van der Waals surface area contributed by atoms with E-state index in [1.807, 2.05) is 0 Å². The van der Waals surface area contributed by atoms with Gasteiger partial charge in [-0.15, -0.1) is 0 Å². The van der Waals surface area contributed by atoms with Crippen LogP contribution in [0.4, 0.5) is 10.5 Å². The number of hydrogen-bond acceptors (Lipinski definition) is 11. The average Bonchev–Trinajstić information content (AvgIpc) is 3.36. The van der Waals surface area contributed by atoms with Gasteiger partial charge in [0.25, 0.3) is 21.5 Å². The highest BCUT2D eigenvalue weighted by Gasteiger charge is 2.61. The number of likely N-dealkylation sites (tertiary alicyclic amines) is 1. The molecule has 2 amide bonds. The number of carbonyl (C=O) groups excluding carboxylic acids is 2. The summed E-state index contributed by atoms with van der Waals surface area (Å²) in [6.45, 7) is 4.18. The molecule has 0 saturated carbocycles. The predicted octanol–water partition coefficient (Wildman–Crippen LogP) is 2.93. The van der Waals surface area contributed by atoms with Crippen LogP contribution in [0, 0.1) is 0 Å². The summed E-state index contributed by atoms with van der Waals surface area (Å²) in [6, 6.07) is 14.1. The molecule has 47 heavy (non-hydrogen) atoms. The van der Waals surface area contributed by atoms with Crippen LogP contribution in [0.2, 0.25) is 0 Å². The smallest absolute Gasteiger partial charge is 0.411 e. The van der Waals surface area contributed by atoms with Gasteiger partial charge in [0.1, 0.15) is 16.4 Å². The van der Waals surface area contributed by atoms with Gasteiger partial charge >= 0.3 is 6.09 Å². The number of carbonyl (C=O) groups is 2. The Labute approximate surface area is 274 Å². The molecule has 1 aromatic heterocycles. The molecule has 1 unspecified atom stereocenters. The molecule has 0 spiro atoms. The first-order valence-electron chi connectivity index (χ1n) is 15.5. The molecular formula is C33H39N5O8S. The number of piperazine rings is 1. The van der Waals surface area contributed by atoms with Crippen molar-refractivity contribution in [3.8, 4) is 17.4 Å². The Morgan fingerprint density at radius 3 is 2.26 bits per heavy atom. The van der Waals surface area contributed by atoms with Gasteiger partial charge in [-0.05, 0) is 63.3 Å². The van der Waals surface area contributed by atoms with Crippen LogP contribution in [-0.2, 0) is 25.2 Å². The average molecular weight is 666 g/mol. The number of nitrogens with zero attached hydrogens (tertiary/aromatic N) is 5. The van der Waals surface area contributed by atoms with E-state index in [-0.39, 0.29) is 33.3 Å². The predicted molar refractivity (Wildman–Crippen MR) is 172 cm³/mol. The first-order valence-corrected chi connectivity index (χ1v) is 16.9. The van der Waals surface area contributed by atoms with E-state index in [2.05, 4.69) is 21.8 Å². The lowest BCUT2D eigenvalue weighted by Crippen LogP contribution is -2.55. The molecule has 2 saturated heterocycles. The Morgan fingerprint density at radius 1 is 0.872 bits per heavy atom. The molecule has 250 valence electrons. The van der Waals surface area contributed by atoms with E-state index in [1.165, 1.54) is 51.8 Å². The fraction of sp³-hybridized carbons (Fsp3) is 0.424. The van der Waals surface area contributed by atoms with Crippen molar-refractivity contribution in [2.24, 2.45) is 0 Å². The largest absolute Gasteiger partial charge is 0.497 e. The van der Waals surface area contributed by atoms with Gasteiger partial charge < -0.3 is 28.7 Å². The molecule has 13 nitrogen and oxygen atoms in total. The van der Waals surface area contributed by atoms with Crippen LogP contribution in [-0.4, -0.2) is 114 Å². The van der Waals surface area contributed by atoms with Crippen LogP contribution in [0.15, 0.2) is 65.7 Å². The van der Waals surface area contributed by atoms with Crippen molar-refractivity contribution >= 4 is 27.7 Å². The third kappa shape index (κ3) is 5.63. The standard InChI is InChI=1S/C33H39N5O8S/c1-35-16-13-23(14-17-35)36-18-20-37(21-19-36)32(40)46-33(26-9-7-15-34-30(26)45-4)25-8-5-6-10-27(25)38(31(33)39)47(41,42)29-12-11-24(43-2)22-28(29)44-3/h5-12,15,22-23H,13-14,16-21H2,1-4H3. The van der Waals surface area contributed by atoms with Crippen molar-refractivity contribution < 1.29 is 37.0 Å². The summed E-state index contributed by atoms with van der Waals surface area (Å²) in [6.07, 6.45) is 2.87. The van der Waals surface area contributed by atoms with Gasteiger partial charge in [-0.2, -0.15) is 4.31 Å². The summed E-state index contributed by atoms with van der Waals surface area (Å²) in [5.74, 6) is -0.656. The molecule has 3 aliphatic rings. The van der Waals surface area contributed by atoms with Gasteiger partial charge in [0.05, 0.1) is 32.6 Å². The van der Waals surface area contributed by atoms with Gasteiger partial charge in [0, 0.05) is 50.0 Å². The number of fused-ring (bicyclic) bond motifs is 1. The Balaban J connectivity index is 1.40. The monoisotopic (exact) mass is 665 g/mol. The topological polar surface area (TPSA) is 131 Å². The molecule has 6 rings (SSSR count). The summed E-state index contributed by atoms with van der Waals surface area (Å²) in [5.41, 5.74) is -1.95. The van der Waals surface area contributed by atoms with Crippen LogP contribution in [0.5, 0.6) is 17.4 Å². The zero-order valence-electron chi connectivity index (χ0n) is 26.9. The highest BCUT2D eigenvalue weighted by Crippen LogP contribution is 2.51. The first kappa shape index (κ1) is 32.5. The zero-order valence-corrected chi connectivity index (χ0v) is 27.7. The van der Waals surface area contributed by atoms with E-state index in [0.717, 1.165) is 25.9 Å². The summed E-state index contributed by atoms with van der Waals surface area (Å²) in [4.78, 5) is 39.3. The molecule has 3 aromatic rings. The highest BCUT2D eigenvalue weighted by atomic mass is 32.2. The number of anilines is 1. The van der Waals surface area contributed by atoms with E-state index < -0.39 is 27.6 Å². The number of para-hydroxylation sites is 1. The number of amides is 2. The zero-order chi connectivity index (χ0) is 33.3. The molecule has 1 atom stereocenters. The minimum atomic E-state index is -4.62. The van der Waals surface area contributed by atoms with Gasteiger partial charge in [0.2, 0.25) is 5.88 Å². The number of benzene rings is 2. The van der Waals surface area contributed by atoms with Gasteiger partial charge in [0.15, 0.2) is 0 Å². The third-order valence-corrected chi connectivity index (χ3v) is 11.0. The van der Waals surface area contributed by atoms with Crippen molar-refractivity contribution in [3.05, 3.63) is 71.9 Å². The van der Waals surface area contributed by atoms with Crippen LogP contribution in [0.1, 0.15) is 24.0 Å². The van der Waals surface area contributed by atoms with Crippen molar-refractivity contribution in [1.82, 2.24) is 19.7 Å². The number of sulfonamides is 1. The molecular weight excluding hydrogens is 626 g/mol. The van der Waals surface area contributed by atoms with E-state index in [9.17, 15) is 18.0 Å². The molecule has 4 heterocycles. The number of methoxy groups -OCH3 is 3. The third-order valence-electron chi connectivity index (χ3n) is 9.24. The van der Waals surface area contributed by atoms with Gasteiger partial charge in [-0.3, -0.25) is 9.69 Å². The quantitative estimate of drug-likeness (QED) is 0.352. The lowest BCUT2D eigenvalue weighted by Gasteiger charge is -2.42. The normalized spacial score (nSPS) is 21.0. The molecule has 2 aromatic carbocycles. The lowest BCUT2D eigenvalue weighted by atomic mass is 9.87. The molecule has 14 heteroatoms. The molecule has 0 aliphatic carbocycles. The number of pyridine rings is 1. The van der Waals surface area contributed by atoms with E-state index in [1.54, 1.807) is 35.2 Å². The van der Waals surface area contributed by atoms with Crippen molar-refractivity contribution in [3.63, 3.8) is 0 Å². The highest BCUT2D eigenvalue weighted by molar-refractivity contribution is 7.93. The second-order valence-electron chi connectivity index (χ2n) is 11.8. The Hall–Kier alpha value is -4.40. The Morgan fingerprint density at radius 2 is 1.57 bits per heavy atom. The maximum Gasteiger partial charge on any atom is 0.411 e. The van der Waals surface area contributed by atoms with Gasteiger partial charge in [-0.1, -0.05) is 18.2 Å². The summed E-state index contributed by atoms with van der Waals surface area (Å²) in [7, 11) is 1.65. The first-order chi connectivity index (χ1) is 22.6. The molecule has 2 fully saturated rings. The van der Waals surface area contributed by atoms with Crippen molar-refractivity contribution in [1.29, 1.82) is 0 Å². The van der Waals surface area contributed by atoms with Crippen LogP contribution in [0.25, 0.3) is 0 Å².